The molecule has 0 bridgehead atoms. The van der Waals surface area contributed by atoms with Crippen LogP contribution in [0.1, 0.15) is 38.6 Å². The van der Waals surface area contributed by atoms with Crippen LogP contribution in [0, 0.1) is 0 Å². The quantitative estimate of drug-likeness (QED) is 0.853. The van der Waals surface area contributed by atoms with Crippen molar-refractivity contribution in [3.8, 4) is 11.5 Å². The molecule has 0 radical (unpaired) electrons. The van der Waals surface area contributed by atoms with E-state index in [4.69, 9.17) is 27.6 Å². The fourth-order valence-corrected chi connectivity index (χ4v) is 2.14. The summed E-state index contributed by atoms with van der Waals surface area (Å²) in [6.07, 6.45) is 1.95. The first-order chi connectivity index (χ1) is 9.65. The molecule has 1 aromatic heterocycles. The molecule has 2 aromatic rings. The highest BCUT2D eigenvalue weighted by molar-refractivity contribution is 6.42. The van der Waals surface area contributed by atoms with Crippen LogP contribution in [-0.4, -0.2) is 16.7 Å². The maximum Gasteiger partial charge on any atom is 0.247 e. The van der Waals surface area contributed by atoms with Gasteiger partial charge in [-0.15, -0.1) is 10.2 Å². The Morgan fingerprint density at radius 3 is 2.65 bits per heavy atom. The highest BCUT2D eigenvalue weighted by Crippen LogP contribution is 2.28. The minimum Gasteiger partial charge on any atom is -0.419 e. The molecule has 1 N–H and O–H groups in total. The van der Waals surface area contributed by atoms with E-state index in [1.807, 2.05) is 6.07 Å². The summed E-state index contributed by atoms with van der Waals surface area (Å²) in [5, 5.41) is 12.5. The average Bonchev–Trinajstić information content (AvgIpc) is 2.92. The van der Waals surface area contributed by atoms with E-state index in [9.17, 15) is 0 Å². The molecule has 0 amide bonds. The number of halogens is 2. The smallest absolute Gasteiger partial charge is 0.247 e. The zero-order valence-corrected chi connectivity index (χ0v) is 13.0. The van der Waals surface area contributed by atoms with E-state index in [0.717, 1.165) is 24.9 Å². The van der Waals surface area contributed by atoms with E-state index in [1.54, 1.807) is 12.1 Å². The van der Waals surface area contributed by atoms with Crippen LogP contribution >= 0.6 is 23.2 Å². The predicted molar refractivity (Wildman–Crippen MR) is 81.1 cm³/mol. The first-order valence-electron chi connectivity index (χ1n) is 6.67. The molecule has 0 fully saturated rings. The zero-order valence-electron chi connectivity index (χ0n) is 11.5. The monoisotopic (exact) mass is 313 g/mol. The predicted octanol–water partition coefficient (Wildman–Crippen LogP) is 4.49. The van der Waals surface area contributed by atoms with Crippen LogP contribution in [0.3, 0.4) is 0 Å². The van der Waals surface area contributed by atoms with Crippen molar-refractivity contribution in [1.82, 2.24) is 15.5 Å². The molecule has 0 saturated heterocycles. The number of benzene rings is 1. The van der Waals surface area contributed by atoms with Gasteiger partial charge in [-0.3, -0.25) is 0 Å². The van der Waals surface area contributed by atoms with Crippen molar-refractivity contribution in [1.29, 1.82) is 0 Å². The lowest BCUT2D eigenvalue weighted by molar-refractivity contribution is 0.396. The van der Waals surface area contributed by atoms with Gasteiger partial charge in [-0.05, 0) is 37.6 Å². The van der Waals surface area contributed by atoms with Gasteiger partial charge < -0.3 is 9.73 Å². The molecule has 0 aliphatic rings. The number of nitrogens with zero attached hydrogens (tertiary/aromatic N) is 2. The third-order valence-corrected chi connectivity index (χ3v) is 3.69. The Hall–Kier alpha value is -1.10. The molecule has 108 valence electrons. The van der Waals surface area contributed by atoms with Crippen LogP contribution in [0.15, 0.2) is 22.6 Å². The Labute approximate surface area is 128 Å². The van der Waals surface area contributed by atoms with Crippen molar-refractivity contribution >= 4 is 23.2 Å². The third kappa shape index (κ3) is 3.51. The van der Waals surface area contributed by atoms with E-state index in [0.29, 0.717) is 21.8 Å². The van der Waals surface area contributed by atoms with Crippen molar-refractivity contribution < 1.29 is 4.42 Å². The molecule has 4 nitrogen and oxygen atoms in total. The highest BCUT2D eigenvalue weighted by Gasteiger charge is 2.17. The Morgan fingerprint density at radius 1 is 1.20 bits per heavy atom. The standard InChI is InChI=1S/C14H17Cl2N3O/c1-3-7-17-12(4-2)14-19-18-13(20-14)9-5-6-10(15)11(16)8-9/h5-6,8,12,17H,3-4,7H2,1-2H3. The summed E-state index contributed by atoms with van der Waals surface area (Å²) in [5.74, 6) is 1.05. The summed E-state index contributed by atoms with van der Waals surface area (Å²) in [7, 11) is 0. The Balaban J connectivity index is 2.20. The second-order valence-corrected chi connectivity index (χ2v) is 5.30. The topological polar surface area (TPSA) is 51.0 Å². The zero-order chi connectivity index (χ0) is 14.5. The molecule has 0 aliphatic carbocycles. The second-order valence-electron chi connectivity index (χ2n) is 4.49. The normalized spacial score (nSPS) is 12.6. The Morgan fingerprint density at radius 2 is 2.00 bits per heavy atom. The maximum absolute atomic E-state index is 5.99. The van der Waals surface area contributed by atoms with Gasteiger partial charge in [0.25, 0.3) is 0 Å². The van der Waals surface area contributed by atoms with Gasteiger partial charge in [0.2, 0.25) is 11.8 Å². The number of aromatic nitrogens is 2. The lowest BCUT2D eigenvalue weighted by atomic mass is 10.2. The summed E-state index contributed by atoms with van der Waals surface area (Å²) in [6, 6.07) is 5.34. The molecule has 0 aliphatic heterocycles. The van der Waals surface area contributed by atoms with Gasteiger partial charge in [-0.1, -0.05) is 37.0 Å². The first kappa shape index (κ1) is 15.3. The van der Waals surface area contributed by atoms with Crippen molar-refractivity contribution in [2.45, 2.75) is 32.7 Å². The number of hydrogen-bond acceptors (Lipinski definition) is 4. The number of rotatable bonds is 6. The molecule has 1 heterocycles. The van der Waals surface area contributed by atoms with Crippen molar-refractivity contribution in [3.05, 3.63) is 34.1 Å². The second kappa shape index (κ2) is 7.07. The lowest BCUT2D eigenvalue weighted by Gasteiger charge is -2.11. The van der Waals surface area contributed by atoms with Gasteiger partial charge in [-0.2, -0.15) is 0 Å². The minimum atomic E-state index is 0.0824. The van der Waals surface area contributed by atoms with Crippen LogP contribution in [0.25, 0.3) is 11.5 Å². The molecule has 2 rings (SSSR count). The summed E-state index contributed by atoms with van der Waals surface area (Å²) >= 11 is 11.9. The van der Waals surface area contributed by atoms with E-state index in [1.165, 1.54) is 0 Å². The largest absolute Gasteiger partial charge is 0.419 e. The van der Waals surface area contributed by atoms with E-state index >= 15 is 0 Å². The average molecular weight is 314 g/mol. The summed E-state index contributed by atoms with van der Waals surface area (Å²) in [6.45, 7) is 5.12. The van der Waals surface area contributed by atoms with Crippen LogP contribution in [0.5, 0.6) is 0 Å². The fourth-order valence-electron chi connectivity index (χ4n) is 1.85. The molecule has 1 unspecified atom stereocenters. The van der Waals surface area contributed by atoms with Gasteiger partial charge in [0, 0.05) is 5.56 Å². The lowest BCUT2D eigenvalue weighted by Crippen LogP contribution is -2.21. The van der Waals surface area contributed by atoms with E-state index < -0.39 is 0 Å². The third-order valence-electron chi connectivity index (χ3n) is 2.95. The van der Waals surface area contributed by atoms with Crippen LogP contribution < -0.4 is 5.32 Å². The van der Waals surface area contributed by atoms with Gasteiger partial charge in [0.1, 0.15) is 0 Å². The van der Waals surface area contributed by atoms with Gasteiger partial charge >= 0.3 is 0 Å². The van der Waals surface area contributed by atoms with Crippen LogP contribution in [0.2, 0.25) is 10.0 Å². The van der Waals surface area contributed by atoms with E-state index in [-0.39, 0.29) is 6.04 Å². The summed E-state index contributed by atoms with van der Waals surface area (Å²) in [4.78, 5) is 0. The number of hydrogen-bond donors (Lipinski definition) is 1. The van der Waals surface area contributed by atoms with Crippen LogP contribution in [-0.2, 0) is 0 Å². The molecule has 1 atom stereocenters. The molecule has 6 heteroatoms. The van der Waals surface area contributed by atoms with Crippen molar-refractivity contribution in [2.75, 3.05) is 6.54 Å². The molecule has 1 aromatic carbocycles. The first-order valence-corrected chi connectivity index (χ1v) is 7.43. The highest BCUT2D eigenvalue weighted by atomic mass is 35.5. The van der Waals surface area contributed by atoms with Gasteiger partial charge in [0.15, 0.2) is 0 Å². The molecule has 0 saturated carbocycles. The maximum atomic E-state index is 5.99. The molecule has 0 spiro atoms. The van der Waals surface area contributed by atoms with Crippen LogP contribution in [0.4, 0.5) is 0 Å². The van der Waals surface area contributed by atoms with Crippen molar-refractivity contribution in [3.63, 3.8) is 0 Å². The SMILES string of the molecule is CCCNC(CC)c1nnc(-c2ccc(Cl)c(Cl)c2)o1. The van der Waals surface area contributed by atoms with Gasteiger partial charge in [0.05, 0.1) is 16.1 Å². The Kier molecular flexibility index (Phi) is 5.40. The van der Waals surface area contributed by atoms with Crippen molar-refractivity contribution in [2.24, 2.45) is 0 Å². The summed E-state index contributed by atoms with van der Waals surface area (Å²) < 4.78 is 5.73. The number of nitrogens with one attached hydrogen (secondary N) is 1. The van der Waals surface area contributed by atoms with Gasteiger partial charge in [-0.25, -0.2) is 0 Å². The minimum absolute atomic E-state index is 0.0824. The molecular formula is C14H17Cl2N3O. The fraction of sp³-hybridized carbons (Fsp3) is 0.429. The summed E-state index contributed by atoms with van der Waals surface area (Å²) in [5.41, 5.74) is 0.767. The Bertz CT molecular complexity index is 571. The molecular weight excluding hydrogens is 297 g/mol. The van der Waals surface area contributed by atoms with E-state index in [2.05, 4.69) is 29.4 Å². The molecule has 20 heavy (non-hydrogen) atoms.